The Labute approximate surface area is 117 Å². The van der Waals surface area contributed by atoms with Gasteiger partial charge in [0.25, 0.3) is 0 Å². The molecular weight excluding hydrogens is 256 g/mol. The SMILES string of the molecule is CCn1nc(C)cc1COc1ccc(C(=O)O)c(C)c1. The van der Waals surface area contributed by atoms with Crippen LogP contribution in [0.5, 0.6) is 5.75 Å². The van der Waals surface area contributed by atoms with Gasteiger partial charge < -0.3 is 9.84 Å². The number of aryl methyl sites for hydroxylation is 3. The summed E-state index contributed by atoms with van der Waals surface area (Å²) in [7, 11) is 0. The summed E-state index contributed by atoms with van der Waals surface area (Å²) in [6.45, 7) is 6.95. The highest BCUT2D eigenvalue weighted by atomic mass is 16.5. The van der Waals surface area contributed by atoms with E-state index in [0.717, 1.165) is 17.9 Å². The maximum absolute atomic E-state index is 10.9. The molecule has 0 saturated carbocycles. The van der Waals surface area contributed by atoms with Crippen molar-refractivity contribution in [2.75, 3.05) is 0 Å². The molecule has 0 aliphatic carbocycles. The molecule has 0 aliphatic rings. The summed E-state index contributed by atoms with van der Waals surface area (Å²) in [5.74, 6) is -0.261. The average molecular weight is 274 g/mol. The number of benzene rings is 1. The predicted molar refractivity (Wildman–Crippen MR) is 75.1 cm³/mol. The molecule has 0 atom stereocenters. The largest absolute Gasteiger partial charge is 0.487 e. The molecule has 5 nitrogen and oxygen atoms in total. The van der Waals surface area contributed by atoms with E-state index in [4.69, 9.17) is 9.84 Å². The number of carboxylic acid groups (broad SMARTS) is 1. The van der Waals surface area contributed by atoms with Gasteiger partial charge >= 0.3 is 5.97 Å². The summed E-state index contributed by atoms with van der Waals surface area (Å²) in [5, 5.41) is 13.3. The van der Waals surface area contributed by atoms with E-state index < -0.39 is 5.97 Å². The third-order valence-electron chi connectivity index (χ3n) is 3.10. The monoisotopic (exact) mass is 274 g/mol. The Bertz CT molecular complexity index is 632. The smallest absolute Gasteiger partial charge is 0.335 e. The highest BCUT2D eigenvalue weighted by Gasteiger charge is 2.09. The zero-order chi connectivity index (χ0) is 14.7. The van der Waals surface area contributed by atoms with Crippen molar-refractivity contribution in [1.29, 1.82) is 0 Å². The van der Waals surface area contributed by atoms with Crippen molar-refractivity contribution in [3.8, 4) is 5.75 Å². The molecule has 1 aromatic carbocycles. The molecule has 5 heteroatoms. The minimum absolute atomic E-state index is 0.298. The van der Waals surface area contributed by atoms with Crippen molar-refractivity contribution in [2.24, 2.45) is 0 Å². The number of rotatable bonds is 5. The summed E-state index contributed by atoms with van der Waals surface area (Å²) < 4.78 is 7.61. The Morgan fingerprint density at radius 1 is 1.35 bits per heavy atom. The molecule has 0 aliphatic heterocycles. The van der Waals surface area contributed by atoms with Crippen LogP contribution in [0.3, 0.4) is 0 Å². The molecule has 0 bridgehead atoms. The van der Waals surface area contributed by atoms with Crippen molar-refractivity contribution < 1.29 is 14.6 Å². The van der Waals surface area contributed by atoms with Crippen molar-refractivity contribution in [3.63, 3.8) is 0 Å². The van der Waals surface area contributed by atoms with Gasteiger partial charge in [0, 0.05) is 6.54 Å². The van der Waals surface area contributed by atoms with E-state index in [-0.39, 0.29) is 0 Å². The van der Waals surface area contributed by atoms with E-state index in [1.165, 1.54) is 0 Å². The minimum atomic E-state index is -0.922. The topological polar surface area (TPSA) is 64.4 Å². The van der Waals surface area contributed by atoms with Crippen LogP contribution < -0.4 is 4.74 Å². The first-order chi connectivity index (χ1) is 9.51. The van der Waals surface area contributed by atoms with Crippen LogP contribution in [0.1, 0.15) is 34.2 Å². The number of ether oxygens (including phenoxy) is 1. The van der Waals surface area contributed by atoms with Crippen LogP contribution in [0.15, 0.2) is 24.3 Å². The van der Waals surface area contributed by atoms with Gasteiger partial charge in [-0.05, 0) is 50.6 Å². The number of carbonyl (C=O) groups is 1. The molecule has 0 amide bonds. The number of nitrogens with zero attached hydrogens (tertiary/aromatic N) is 2. The maximum atomic E-state index is 10.9. The number of aromatic nitrogens is 2. The molecule has 20 heavy (non-hydrogen) atoms. The highest BCUT2D eigenvalue weighted by Crippen LogP contribution is 2.18. The van der Waals surface area contributed by atoms with Gasteiger partial charge in [-0.1, -0.05) is 0 Å². The molecule has 0 unspecified atom stereocenters. The first-order valence-corrected chi connectivity index (χ1v) is 6.51. The summed E-state index contributed by atoms with van der Waals surface area (Å²) in [6, 6.07) is 6.97. The van der Waals surface area contributed by atoms with Gasteiger partial charge in [0.05, 0.1) is 17.0 Å². The second-order valence-corrected chi connectivity index (χ2v) is 4.66. The van der Waals surface area contributed by atoms with Gasteiger partial charge in [0.15, 0.2) is 0 Å². The molecule has 1 heterocycles. The Morgan fingerprint density at radius 2 is 2.10 bits per heavy atom. The van der Waals surface area contributed by atoms with Crippen LogP contribution in [0.4, 0.5) is 0 Å². The van der Waals surface area contributed by atoms with Gasteiger partial charge in [0.1, 0.15) is 12.4 Å². The summed E-state index contributed by atoms with van der Waals surface area (Å²) in [6.07, 6.45) is 0. The molecular formula is C15H18N2O3. The van der Waals surface area contributed by atoms with E-state index in [1.807, 2.05) is 24.6 Å². The number of aromatic carboxylic acids is 1. The van der Waals surface area contributed by atoms with Crippen LogP contribution in [0.2, 0.25) is 0 Å². The molecule has 0 fully saturated rings. The Kier molecular flexibility index (Phi) is 4.08. The fourth-order valence-corrected chi connectivity index (χ4v) is 2.11. The minimum Gasteiger partial charge on any atom is -0.487 e. The molecule has 106 valence electrons. The zero-order valence-corrected chi connectivity index (χ0v) is 11.9. The van der Waals surface area contributed by atoms with E-state index >= 15 is 0 Å². The third kappa shape index (κ3) is 2.99. The van der Waals surface area contributed by atoms with Gasteiger partial charge in [-0.25, -0.2) is 4.79 Å². The van der Waals surface area contributed by atoms with E-state index in [2.05, 4.69) is 5.10 Å². The van der Waals surface area contributed by atoms with Crippen molar-refractivity contribution in [1.82, 2.24) is 9.78 Å². The maximum Gasteiger partial charge on any atom is 0.335 e. The quantitative estimate of drug-likeness (QED) is 0.910. The second-order valence-electron chi connectivity index (χ2n) is 4.66. The van der Waals surface area contributed by atoms with Crippen LogP contribution in [-0.2, 0) is 13.2 Å². The standard InChI is InChI=1S/C15H18N2O3/c1-4-17-12(8-11(3)16-17)9-20-13-5-6-14(15(18)19)10(2)7-13/h5-8H,4,9H2,1-3H3,(H,18,19). The lowest BCUT2D eigenvalue weighted by Crippen LogP contribution is -2.06. The van der Waals surface area contributed by atoms with Gasteiger partial charge in [0.2, 0.25) is 0 Å². The molecule has 2 rings (SSSR count). The third-order valence-corrected chi connectivity index (χ3v) is 3.10. The van der Waals surface area contributed by atoms with Crippen LogP contribution in [0, 0.1) is 13.8 Å². The molecule has 1 N–H and O–H groups in total. The highest BCUT2D eigenvalue weighted by molar-refractivity contribution is 5.89. The Balaban J connectivity index is 2.11. The lowest BCUT2D eigenvalue weighted by atomic mass is 10.1. The van der Waals surface area contributed by atoms with Crippen molar-refractivity contribution in [3.05, 3.63) is 46.8 Å². The fraction of sp³-hybridized carbons (Fsp3) is 0.333. The van der Waals surface area contributed by atoms with E-state index in [9.17, 15) is 4.79 Å². The summed E-state index contributed by atoms with van der Waals surface area (Å²) >= 11 is 0. The molecule has 0 spiro atoms. The van der Waals surface area contributed by atoms with Crippen molar-refractivity contribution >= 4 is 5.97 Å². The van der Waals surface area contributed by atoms with Crippen LogP contribution >= 0.6 is 0 Å². The summed E-state index contributed by atoms with van der Waals surface area (Å²) in [4.78, 5) is 10.9. The lowest BCUT2D eigenvalue weighted by Gasteiger charge is -2.09. The van der Waals surface area contributed by atoms with Crippen molar-refractivity contribution in [2.45, 2.75) is 33.9 Å². The molecule has 2 aromatic rings. The normalized spacial score (nSPS) is 10.6. The van der Waals surface area contributed by atoms with Gasteiger partial charge in [-0.2, -0.15) is 5.10 Å². The molecule has 1 aromatic heterocycles. The number of carboxylic acids is 1. The summed E-state index contributed by atoms with van der Waals surface area (Å²) in [5.41, 5.74) is 2.95. The Hall–Kier alpha value is -2.30. The first kappa shape index (κ1) is 14.1. The molecule has 0 saturated heterocycles. The van der Waals surface area contributed by atoms with Crippen LogP contribution in [-0.4, -0.2) is 20.9 Å². The lowest BCUT2D eigenvalue weighted by molar-refractivity contribution is 0.0696. The number of hydrogen-bond donors (Lipinski definition) is 1. The van der Waals surface area contributed by atoms with Gasteiger partial charge in [-0.3, -0.25) is 4.68 Å². The predicted octanol–water partition coefficient (Wildman–Crippen LogP) is 2.80. The van der Waals surface area contributed by atoms with Gasteiger partial charge in [-0.15, -0.1) is 0 Å². The van der Waals surface area contributed by atoms with E-state index in [0.29, 0.717) is 23.5 Å². The van der Waals surface area contributed by atoms with E-state index in [1.54, 1.807) is 25.1 Å². The average Bonchev–Trinajstić information content (AvgIpc) is 2.76. The molecule has 0 radical (unpaired) electrons. The first-order valence-electron chi connectivity index (χ1n) is 6.51. The Morgan fingerprint density at radius 3 is 2.70 bits per heavy atom. The second kappa shape index (κ2) is 5.77. The fourth-order valence-electron chi connectivity index (χ4n) is 2.11. The zero-order valence-electron chi connectivity index (χ0n) is 11.9. The van der Waals surface area contributed by atoms with Crippen LogP contribution in [0.25, 0.3) is 0 Å². The number of hydrogen-bond acceptors (Lipinski definition) is 3.